The Hall–Kier alpha value is -3.39. The number of benzene rings is 2. The number of nitrogens with zero attached hydrogens (tertiary/aromatic N) is 3. The van der Waals surface area contributed by atoms with E-state index in [9.17, 15) is 4.79 Å². The van der Waals surface area contributed by atoms with E-state index in [4.69, 9.17) is 5.26 Å². The third kappa shape index (κ3) is 2.86. The molecule has 0 aliphatic carbocycles. The van der Waals surface area contributed by atoms with Gasteiger partial charge >= 0.3 is 0 Å². The summed E-state index contributed by atoms with van der Waals surface area (Å²) in [6.07, 6.45) is 1.78. The summed E-state index contributed by atoms with van der Waals surface area (Å²) in [6, 6.07) is 19.8. The van der Waals surface area contributed by atoms with Gasteiger partial charge in [0.15, 0.2) is 5.82 Å². The van der Waals surface area contributed by atoms with Crippen LogP contribution < -0.4 is 5.32 Å². The second kappa shape index (κ2) is 5.94. The molecule has 0 bridgehead atoms. The van der Waals surface area contributed by atoms with Crippen LogP contribution in [0.25, 0.3) is 5.69 Å². The second-order valence-corrected chi connectivity index (χ2v) is 4.62. The van der Waals surface area contributed by atoms with Crippen LogP contribution in [0.4, 0.5) is 5.82 Å². The largest absolute Gasteiger partial charge is 0.305 e. The van der Waals surface area contributed by atoms with Crippen LogP contribution in [0.3, 0.4) is 0 Å². The van der Waals surface area contributed by atoms with Gasteiger partial charge in [0.1, 0.15) is 0 Å². The lowest BCUT2D eigenvalue weighted by molar-refractivity contribution is 0.102. The number of anilines is 1. The average molecular weight is 288 g/mol. The van der Waals surface area contributed by atoms with E-state index in [1.807, 2.05) is 36.4 Å². The molecule has 0 saturated heterocycles. The summed E-state index contributed by atoms with van der Waals surface area (Å²) >= 11 is 0. The zero-order chi connectivity index (χ0) is 15.4. The minimum Gasteiger partial charge on any atom is -0.305 e. The monoisotopic (exact) mass is 288 g/mol. The topological polar surface area (TPSA) is 70.7 Å². The van der Waals surface area contributed by atoms with Crippen molar-refractivity contribution in [2.45, 2.75) is 0 Å². The Morgan fingerprint density at radius 2 is 1.77 bits per heavy atom. The van der Waals surface area contributed by atoms with E-state index in [0.29, 0.717) is 16.9 Å². The molecule has 0 aliphatic heterocycles. The van der Waals surface area contributed by atoms with Gasteiger partial charge < -0.3 is 5.32 Å². The van der Waals surface area contributed by atoms with E-state index >= 15 is 0 Å². The van der Waals surface area contributed by atoms with Gasteiger partial charge in [0.25, 0.3) is 5.91 Å². The number of aromatic nitrogens is 2. The van der Waals surface area contributed by atoms with Crippen molar-refractivity contribution in [1.29, 1.82) is 5.26 Å². The highest BCUT2D eigenvalue weighted by Crippen LogP contribution is 2.11. The van der Waals surface area contributed by atoms with Crippen molar-refractivity contribution in [3.63, 3.8) is 0 Å². The molecule has 1 N–H and O–H groups in total. The molecule has 0 fully saturated rings. The third-order valence-electron chi connectivity index (χ3n) is 3.13. The molecule has 0 saturated carbocycles. The van der Waals surface area contributed by atoms with Gasteiger partial charge in [0.2, 0.25) is 0 Å². The summed E-state index contributed by atoms with van der Waals surface area (Å²) in [5.74, 6) is 0.209. The summed E-state index contributed by atoms with van der Waals surface area (Å²) < 4.78 is 1.69. The summed E-state index contributed by atoms with van der Waals surface area (Å²) in [4.78, 5) is 12.1. The maximum absolute atomic E-state index is 12.1. The van der Waals surface area contributed by atoms with Gasteiger partial charge in [0.05, 0.1) is 17.3 Å². The van der Waals surface area contributed by atoms with Gasteiger partial charge in [-0.05, 0) is 36.4 Å². The van der Waals surface area contributed by atoms with E-state index in [-0.39, 0.29) is 5.91 Å². The predicted molar refractivity (Wildman–Crippen MR) is 82.7 cm³/mol. The molecule has 106 valence electrons. The van der Waals surface area contributed by atoms with E-state index in [0.717, 1.165) is 5.69 Å². The van der Waals surface area contributed by atoms with E-state index < -0.39 is 0 Å². The Kier molecular flexibility index (Phi) is 3.67. The van der Waals surface area contributed by atoms with Crippen molar-refractivity contribution in [1.82, 2.24) is 9.78 Å². The van der Waals surface area contributed by atoms with Crippen LogP contribution >= 0.6 is 0 Å². The lowest BCUT2D eigenvalue weighted by Gasteiger charge is -2.03. The highest BCUT2D eigenvalue weighted by atomic mass is 16.1. The molecular formula is C17H12N4O. The van der Waals surface area contributed by atoms with Crippen LogP contribution in [0.5, 0.6) is 0 Å². The minimum absolute atomic E-state index is 0.261. The van der Waals surface area contributed by atoms with Crippen molar-refractivity contribution in [2.75, 3.05) is 5.32 Å². The van der Waals surface area contributed by atoms with E-state index in [2.05, 4.69) is 10.4 Å². The minimum atomic E-state index is -0.261. The van der Waals surface area contributed by atoms with Crippen molar-refractivity contribution in [3.8, 4) is 11.8 Å². The summed E-state index contributed by atoms with van der Waals surface area (Å²) in [5, 5.41) is 15.8. The lowest BCUT2D eigenvalue weighted by Crippen LogP contribution is -2.12. The molecule has 0 aliphatic rings. The number of carbonyl (C=O) groups is 1. The quantitative estimate of drug-likeness (QED) is 0.805. The number of nitrogens with one attached hydrogen (secondary N) is 1. The Morgan fingerprint density at radius 1 is 1.05 bits per heavy atom. The summed E-state index contributed by atoms with van der Waals surface area (Å²) in [7, 11) is 0. The number of rotatable bonds is 3. The molecule has 3 aromatic rings. The van der Waals surface area contributed by atoms with Gasteiger partial charge in [-0.3, -0.25) is 4.79 Å². The fourth-order valence-corrected chi connectivity index (χ4v) is 2.00. The van der Waals surface area contributed by atoms with Crippen LogP contribution in [0.1, 0.15) is 15.9 Å². The molecule has 1 heterocycles. The Bertz CT molecular complexity index is 829. The van der Waals surface area contributed by atoms with Gasteiger partial charge in [0, 0.05) is 17.8 Å². The highest BCUT2D eigenvalue weighted by molar-refractivity contribution is 6.03. The molecule has 5 heteroatoms. The van der Waals surface area contributed by atoms with Crippen LogP contribution in [-0.4, -0.2) is 15.7 Å². The fourth-order valence-electron chi connectivity index (χ4n) is 2.00. The number of para-hydroxylation sites is 1. The van der Waals surface area contributed by atoms with Crippen molar-refractivity contribution >= 4 is 11.7 Å². The Labute approximate surface area is 127 Å². The fraction of sp³-hybridized carbons (Fsp3) is 0. The molecule has 3 rings (SSSR count). The normalized spacial score (nSPS) is 9.95. The average Bonchev–Trinajstić information content (AvgIpc) is 3.04. The molecule has 0 unspecified atom stereocenters. The lowest BCUT2D eigenvalue weighted by atomic mass is 10.1. The number of hydrogen-bond donors (Lipinski definition) is 1. The Balaban J connectivity index is 1.74. The second-order valence-electron chi connectivity index (χ2n) is 4.62. The van der Waals surface area contributed by atoms with E-state index in [1.165, 1.54) is 0 Å². The molecule has 2 aromatic carbocycles. The zero-order valence-corrected chi connectivity index (χ0v) is 11.6. The third-order valence-corrected chi connectivity index (χ3v) is 3.13. The Morgan fingerprint density at radius 3 is 2.45 bits per heavy atom. The number of hydrogen-bond acceptors (Lipinski definition) is 3. The van der Waals surface area contributed by atoms with Gasteiger partial charge in [-0.25, -0.2) is 4.68 Å². The van der Waals surface area contributed by atoms with Crippen molar-refractivity contribution in [3.05, 3.63) is 78.0 Å². The zero-order valence-electron chi connectivity index (χ0n) is 11.6. The van der Waals surface area contributed by atoms with Crippen LogP contribution in [0, 0.1) is 11.3 Å². The van der Waals surface area contributed by atoms with Crippen LogP contribution in [-0.2, 0) is 0 Å². The maximum atomic E-state index is 12.1. The predicted octanol–water partition coefficient (Wildman–Crippen LogP) is 3.00. The first-order chi connectivity index (χ1) is 10.8. The van der Waals surface area contributed by atoms with Gasteiger partial charge in [-0.2, -0.15) is 10.4 Å². The number of amides is 1. The van der Waals surface area contributed by atoms with Crippen molar-refractivity contribution in [2.24, 2.45) is 0 Å². The summed E-state index contributed by atoms with van der Waals surface area (Å²) in [6.45, 7) is 0. The van der Waals surface area contributed by atoms with Gasteiger partial charge in [-0.1, -0.05) is 18.2 Å². The van der Waals surface area contributed by atoms with Crippen LogP contribution in [0.15, 0.2) is 66.9 Å². The van der Waals surface area contributed by atoms with E-state index in [1.54, 1.807) is 41.2 Å². The number of nitriles is 1. The van der Waals surface area contributed by atoms with Crippen LogP contribution in [0.2, 0.25) is 0 Å². The van der Waals surface area contributed by atoms with Crippen molar-refractivity contribution < 1.29 is 4.79 Å². The molecule has 22 heavy (non-hydrogen) atoms. The first kappa shape index (κ1) is 13.6. The summed E-state index contributed by atoms with van der Waals surface area (Å²) in [5.41, 5.74) is 1.92. The first-order valence-electron chi connectivity index (χ1n) is 6.69. The molecule has 5 nitrogen and oxygen atoms in total. The standard InChI is InChI=1S/C17H12N4O/c18-12-13-6-8-14(9-7-13)17(22)19-16-10-11-21(20-16)15-4-2-1-3-5-15/h1-11H,(H,19,20,22). The smallest absolute Gasteiger partial charge is 0.256 e. The molecule has 1 amide bonds. The first-order valence-corrected chi connectivity index (χ1v) is 6.69. The highest BCUT2D eigenvalue weighted by Gasteiger charge is 2.08. The number of carbonyl (C=O) groups excluding carboxylic acids is 1. The maximum Gasteiger partial charge on any atom is 0.256 e. The molecule has 1 aromatic heterocycles. The molecule has 0 atom stereocenters. The van der Waals surface area contributed by atoms with Gasteiger partial charge in [-0.15, -0.1) is 0 Å². The molecule has 0 spiro atoms. The molecular weight excluding hydrogens is 276 g/mol. The molecule has 0 radical (unpaired) electrons. The SMILES string of the molecule is N#Cc1ccc(C(=O)Nc2ccn(-c3ccccc3)n2)cc1.